The van der Waals surface area contributed by atoms with Crippen molar-refractivity contribution in [1.29, 1.82) is 0 Å². The molecule has 4 heterocycles. The van der Waals surface area contributed by atoms with Gasteiger partial charge >= 0.3 is 0 Å². The maximum atomic E-state index is 3.45. The predicted molar refractivity (Wildman–Crippen MR) is 107 cm³/mol. The molecule has 0 radical (unpaired) electrons. The lowest BCUT2D eigenvalue weighted by molar-refractivity contribution is 0.309. The lowest BCUT2D eigenvalue weighted by Gasteiger charge is -2.20. The van der Waals surface area contributed by atoms with Crippen LogP contribution < -0.4 is 10.6 Å². The Morgan fingerprint density at radius 1 is 0.625 bits per heavy atom. The van der Waals surface area contributed by atoms with Crippen LogP contribution in [0.1, 0.15) is 53.4 Å². The summed E-state index contributed by atoms with van der Waals surface area (Å²) in [5, 5.41) is 6.90. The lowest BCUT2D eigenvalue weighted by Crippen LogP contribution is -2.27. The number of likely N-dealkylation sites (tertiary alicyclic amines) is 2. The summed E-state index contributed by atoms with van der Waals surface area (Å²) in [5.41, 5.74) is 1.35. The largest absolute Gasteiger partial charge is 0.316 e. The highest BCUT2D eigenvalue weighted by atomic mass is 15.2. The van der Waals surface area contributed by atoms with Gasteiger partial charge in [-0.1, -0.05) is 27.7 Å². The van der Waals surface area contributed by atoms with E-state index in [-0.39, 0.29) is 0 Å². The van der Waals surface area contributed by atoms with Crippen molar-refractivity contribution in [2.45, 2.75) is 53.4 Å². The zero-order valence-corrected chi connectivity index (χ0v) is 17.4. The van der Waals surface area contributed by atoms with E-state index in [4.69, 9.17) is 0 Å². The van der Waals surface area contributed by atoms with Crippen molar-refractivity contribution in [3.8, 4) is 0 Å². The van der Waals surface area contributed by atoms with Crippen LogP contribution in [0.15, 0.2) is 0 Å². The third-order valence-corrected chi connectivity index (χ3v) is 5.92. The second kappa shape index (κ2) is 10.7. The fraction of sp³-hybridized carbons (Fsp3) is 1.00. The average molecular weight is 341 g/mol. The summed E-state index contributed by atoms with van der Waals surface area (Å²) in [6.45, 7) is 18.3. The van der Waals surface area contributed by atoms with Crippen LogP contribution in [0.5, 0.6) is 0 Å². The summed E-state index contributed by atoms with van der Waals surface area (Å²) in [7, 11) is 4.46. The second-order valence-electron chi connectivity index (χ2n) is 7.83. The molecule has 2 N–H and O–H groups in total. The normalized spacial score (nSPS) is 35.2. The zero-order chi connectivity index (χ0) is 18.1. The molecule has 0 aromatic heterocycles. The van der Waals surface area contributed by atoms with Gasteiger partial charge in [0.15, 0.2) is 0 Å². The van der Waals surface area contributed by atoms with Crippen LogP contribution in [-0.4, -0.2) is 76.3 Å². The third kappa shape index (κ3) is 5.98. The molecule has 4 aliphatic heterocycles. The molecule has 0 aromatic carbocycles. The first kappa shape index (κ1) is 21.9. The van der Waals surface area contributed by atoms with E-state index in [0.29, 0.717) is 10.8 Å². The molecule has 4 saturated heterocycles. The van der Waals surface area contributed by atoms with Gasteiger partial charge in [0.25, 0.3) is 0 Å². The highest BCUT2D eigenvalue weighted by molar-refractivity contribution is 4.95. The summed E-state index contributed by atoms with van der Waals surface area (Å²) < 4.78 is 0. The first-order valence-electron chi connectivity index (χ1n) is 10.4. The minimum Gasteiger partial charge on any atom is -0.316 e. The summed E-state index contributed by atoms with van der Waals surface area (Å²) >= 11 is 0. The first-order chi connectivity index (χ1) is 11.6. The van der Waals surface area contributed by atoms with E-state index < -0.39 is 0 Å². The molecule has 4 nitrogen and oxygen atoms in total. The summed E-state index contributed by atoms with van der Waals surface area (Å²) in [4.78, 5) is 4.90. The van der Waals surface area contributed by atoms with Crippen molar-refractivity contribution < 1.29 is 0 Å². The van der Waals surface area contributed by atoms with Crippen molar-refractivity contribution >= 4 is 0 Å². The maximum Gasteiger partial charge on any atom is 0.00481 e. The minimum atomic E-state index is 0.675. The molecule has 4 aliphatic rings. The Hall–Kier alpha value is -0.160. The van der Waals surface area contributed by atoms with Crippen LogP contribution in [0.3, 0.4) is 0 Å². The summed E-state index contributed by atoms with van der Waals surface area (Å²) in [5.74, 6) is 0. The van der Waals surface area contributed by atoms with Crippen molar-refractivity contribution in [1.82, 2.24) is 20.4 Å². The molecule has 4 heteroatoms. The van der Waals surface area contributed by atoms with E-state index >= 15 is 0 Å². The third-order valence-electron chi connectivity index (χ3n) is 5.92. The zero-order valence-electron chi connectivity index (χ0n) is 17.4. The Morgan fingerprint density at radius 2 is 1.00 bits per heavy atom. The minimum absolute atomic E-state index is 0.675. The van der Waals surface area contributed by atoms with Crippen LogP contribution in [0.4, 0.5) is 0 Å². The molecule has 0 aliphatic carbocycles. The van der Waals surface area contributed by atoms with Gasteiger partial charge in [-0.25, -0.2) is 0 Å². The molecule has 2 atom stereocenters. The van der Waals surface area contributed by atoms with Gasteiger partial charge in [0.05, 0.1) is 0 Å². The Balaban J connectivity index is 0.000000199. The smallest absolute Gasteiger partial charge is 0.00481 e. The molecular formula is C20H44N4. The van der Waals surface area contributed by atoms with Gasteiger partial charge < -0.3 is 20.4 Å². The molecule has 4 fully saturated rings. The van der Waals surface area contributed by atoms with Crippen molar-refractivity contribution in [2.75, 3.05) is 66.5 Å². The standard InChI is InChI=1S/2C8H16N2.2C2H6/c2*1-10-5-3-8(7-10)2-4-9-6-8;2*1-2/h2*9H,2-7H2,1H3;2*1-2H3. The van der Waals surface area contributed by atoms with Gasteiger partial charge in [0.1, 0.15) is 0 Å². The molecule has 144 valence electrons. The second-order valence-corrected chi connectivity index (χ2v) is 7.83. The SMILES string of the molecule is CC.CC.CN1CCC2(CCNC2)C1.CN1CCC2(CCNC2)C1. The van der Waals surface area contributed by atoms with Gasteiger partial charge in [0, 0.05) is 26.2 Å². The van der Waals surface area contributed by atoms with E-state index in [0.717, 1.165) is 0 Å². The van der Waals surface area contributed by atoms with Crippen molar-refractivity contribution in [2.24, 2.45) is 10.8 Å². The monoisotopic (exact) mass is 340 g/mol. The topological polar surface area (TPSA) is 30.5 Å². The van der Waals surface area contributed by atoms with Crippen molar-refractivity contribution in [3.63, 3.8) is 0 Å². The van der Waals surface area contributed by atoms with Gasteiger partial charge in [0.2, 0.25) is 0 Å². The van der Waals surface area contributed by atoms with E-state index in [2.05, 4.69) is 34.5 Å². The Bertz CT molecular complexity index is 288. The number of hydrogen-bond acceptors (Lipinski definition) is 4. The van der Waals surface area contributed by atoms with Crippen LogP contribution in [-0.2, 0) is 0 Å². The van der Waals surface area contributed by atoms with Crippen LogP contribution in [0, 0.1) is 10.8 Å². The van der Waals surface area contributed by atoms with Gasteiger partial charge in [-0.2, -0.15) is 0 Å². The quantitative estimate of drug-likeness (QED) is 0.710. The highest BCUT2D eigenvalue weighted by Gasteiger charge is 2.39. The fourth-order valence-electron chi connectivity index (χ4n) is 4.61. The fourth-order valence-corrected chi connectivity index (χ4v) is 4.61. The average Bonchev–Trinajstić information content (AvgIpc) is 3.39. The molecule has 2 unspecified atom stereocenters. The van der Waals surface area contributed by atoms with Gasteiger partial charge in [-0.15, -0.1) is 0 Å². The predicted octanol–water partition coefficient (Wildman–Crippen LogP) is 2.66. The highest BCUT2D eigenvalue weighted by Crippen LogP contribution is 2.35. The van der Waals surface area contributed by atoms with Crippen molar-refractivity contribution in [3.05, 3.63) is 0 Å². The molecule has 0 bridgehead atoms. The van der Waals surface area contributed by atoms with Crippen LogP contribution >= 0.6 is 0 Å². The summed E-state index contributed by atoms with van der Waals surface area (Å²) in [6, 6.07) is 0. The lowest BCUT2D eigenvalue weighted by atomic mass is 9.87. The van der Waals surface area contributed by atoms with Gasteiger partial charge in [-0.05, 0) is 76.8 Å². The molecular weight excluding hydrogens is 296 g/mol. The number of nitrogens with zero attached hydrogens (tertiary/aromatic N) is 2. The number of hydrogen-bond donors (Lipinski definition) is 2. The molecule has 0 aromatic rings. The molecule has 2 spiro atoms. The van der Waals surface area contributed by atoms with Gasteiger partial charge in [-0.3, -0.25) is 0 Å². The Labute approximate surface area is 151 Å². The van der Waals surface area contributed by atoms with Crippen LogP contribution in [0.2, 0.25) is 0 Å². The Kier molecular flexibility index (Phi) is 9.80. The molecule has 4 rings (SSSR count). The maximum absolute atomic E-state index is 3.45. The van der Waals surface area contributed by atoms with E-state index in [1.807, 2.05) is 27.7 Å². The summed E-state index contributed by atoms with van der Waals surface area (Å²) in [6.07, 6.45) is 5.63. The first-order valence-corrected chi connectivity index (χ1v) is 10.4. The van der Waals surface area contributed by atoms with Crippen LogP contribution in [0.25, 0.3) is 0 Å². The van der Waals surface area contributed by atoms with E-state index in [9.17, 15) is 0 Å². The molecule has 0 saturated carbocycles. The van der Waals surface area contributed by atoms with E-state index in [1.54, 1.807) is 0 Å². The molecule has 24 heavy (non-hydrogen) atoms. The molecule has 0 amide bonds. The Morgan fingerprint density at radius 3 is 1.21 bits per heavy atom. The number of nitrogens with one attached hydrogen (secondary N) is 2. The number of rotatable bonds is 0. The van der Waals surface area contributed by atoms with E-state index in [1.165, 1.54) is 78.0 Å².